The molecule has 1 atom stereocenters. The second-order valence-electron chi connectivity index (χ2n) is 4.45. The molecule has 6 heteroatoms. The van der Waals surface area contributed by atoms with Crippen molar-refractivity contribution in [1.29, 1.82) is 0 Å². The summed E-state index contributed by atoms with van der Waals surface area (Å²) in [6.07, 6.45) is 2.13. The van der Waals surface area contributed by atoms with Crippen LogP contribution in [0.1, 0.15) is 12.5 Å². The van der Waals surface area contributed by atoms with Gasteiger partial charge < -0.3 is 14.8 Å². The lowest BCUT2D eigenvalue weighted by Crippen LogP contribution is -2.36. The fourth-order valence-corrected chi connectivity index (χ4v) is 2.08. The molecule has 0 saturated heterocycles. The number of alkyl halides is 1. The van der Waals surface area contributed by atoms with E-state index in [1.165, 1.54) is 0 Å². The summed E-state index contributed by atoms with van der Waals surface area (Å²) in [5.74, 6) is -0.490. The van der Waals surface area contributed by atoms with Crippen LogP contribution < -0.4 is 5.32 Å². The molecule has 0 bridgehead atoms. The van der Waals surface area contributed by atoms with Crippen LogP contribution in [0.5, 0.6) is 0 Å². The van der Waals surface area contributed by atoms with Gasteiger partial charge in [0, 0.05) is 5.33 Å². The molecule has 0 heterocycles. The van der Waals surface area contributed by atoms with Crippen LogP contribution in [0.25, 0.3) is 0 Å². The summed E-state index contributed by atoms with van der Waals surface area (Å²) in [6, 6.07) is 9.00. The Kier molecular flexibility index (Phi) is 9.18. The second-order valence-corrected chi connectivity index (χ2v) is 5.01. The number of carbonyl (C=O) groups is 2. The highest BCUT2D eigenvalue weighted by Gasteiger charge is 2.17. The smallest absolute Gasteiger partial charge is 0.332 e. The first-order valence-corrected chi connectivity index (χ1v) is 8.07. The first kappa shape index (κ1) is 18.4. The molecule has 1 aromatic carbocycles. The molecule has 0 aliphatic rings. The van der Waals surface area contributed by atoms with Gasteiger partial charge in [-0.15, -0.1) is 0 Å². The number of carbonyl (C=O) groups excluding carboxylic acids is 2. The topological polar surface area (TPSA) is 64.6 Å². The number of nitrogens with one attached hydrogen (secondary N) is 1. The summed E-state index contributed by atoms with van der Waals surface area (Å²) < 4.78 is 10.5. The molecular formula is C16H20BrNO4. The van der Waals surface area contributed by atoms with Crippen molar-refractivity contribution in [3.63, 3.8) is 0 Å². The standard InChI is InChI=1S/C16H20BrNO4/c1-2-22-16(20)15(18-12-19)8-14(9-17)11-21-10-13-6-4-3-5-7-13/h3-8,12,15H,2,9-11H2,1H3,(H,18,19)/b14-8+. The Labute approximate surface area is 138 Å². The van der Waals surface area contributed by atoms with Gasteiger partial charge in [-0.05, 0) is 24.1 Å². The van der Waals surface area contributed by atoms with E-state index in [-0.39, 0.29) is 6.61 Å². The molecule has 120 valence electrons. The van der Waals surface area contributed by atoms with Crippen molar-refractivity contribution in [2.75, 3.05) is 18.5 Å². The summed E-state index contributed by atoms with van der Waals surface area (Å²) in [4.78, 5) is 22.3. The van der Waals surface area contributed by atoms with Gasteiger partial charge in [0.05, 0.1) is 19.8 Å². The molecule has 5 nitrogen and oxygen atoms in total. The van der Waals surface area contributed by atoms with Crippen molar-refractivity contribution < 1.29 is 19.1 Å². The van der Waals surface area contributed by atoms with E-state index in [1.54, 1.807) is 13.0 Å². The van der Waals surface area contributed by atoms with Crippen LogP contribution in [0.4, 0.5) is 0 Å². The minimum Gasteiger partial charge on any atom is -0.464 e. The molecular weight excluding hydrogens is 350 g/mol. The van der Waals surface area contributed by atoms with E-state index in [0.29, 0.717) is 25.0 Å². The van der Waals surface area contributed by atoms with Crippen molar-refractivity contribution >= 4 is 28.3 Å². The van der Waals surface area contributed by atoms with Gasteiger partial charge in [-0.25, -0.2) is 4.79 Å². The van der Waals surface area contributed by atoms with Crippen LogP contribution in [-0.4, -0.2) is 37.0 Å². The number of benzene rings is 1. The highest BCUT2D eigenvalue weighted by atomic mass is 79.9. The van der Waals surface area contributed by atoms with Crippen molar-refractivity contribution in [1.82, 2.24) is 5.32 Å². The van der Waals surface area contributed by atoms with E-state index in [1.807, 2.05) is 30.3 Å². The van der Waals surface area contributed by atoms with Gasteiger partial charge in [-0.1, -0.05) is 46.3 Å². The normalized spacial score (nSPS) is 12.5. The Hall–Kier alpha value is -1.66. The van der Waals surface area contributed by atoms with Crippen molar-refractivity contribution in [2.24, 2.45) is 0 Å². The van der Waals surface area contributed by atoms with Crippen molar-refractivity contribution in [3.05, 3.63) is 47.5 Å². The largest absolute Gasteiger partial charge is 0.464 e. The molecule has 0 spiro atoms. The van der Waals surface area contributed by atoms with Crippen LogP contribution in [-0.2, 0) is 25.7 Å². The number of hydrogen-bond acceptors (Lipinski definition) is 4. The van der Waals surface area contributed by atoms with E-state index in [4.69, 9.17) is 9.47 Å². The maximum atomic E-state index is 11.7. The lowest BCUT2D eigenvalue weighted by Gasteiger charge is -2.13. The van der Waals surface area contributed by atoms with E-state index >= 15 is 0 Å². The Morgan fingerprint density at radius 3 is 2.68 bits per heavy atom. The molecule has 0 fully saturated rings. The zero-order valence-electron chi connectivity index (χ0n) is 12.5. The molecule has 0 saturated carbocycles. The fourth-order valence-electron chi connectivity index (χ4n) is 1.73. The average Bonchev–Trinajstić information content (AvgIpc) is 2.54. The molecule has 22 heavy (non-hydrogen) atoms. The van der Waals surface area contributed by atoms with Crippen molar-refractivity contribution in [3.8, 4) is 0 Å². The van der Waals surface area contributed by atoms with E-state index in [2.05, 4.69) is 21.2 Å². The highest BCUT2D eigenvalue weighted by molar-refractivity contribution is 9.09. The molecule has 1 unspecified atom stereocenters. The van der Waals surface area contributed by atoms with Gasteiger partial charge in [0.15, 0.2) is 0 Å². The van der Waals surface area contributed by atoms with Crippen LogP contribution in [0, 0.1) is 0 Å². The molecule has 1 amide bonds. The molecule has 0 aromatic heterocycles. The van der Waals surface area contributed by atoms with Crippen LogP contribution in [0.15, 0.2) is 42.0 Å². The number of halogens is 1. The molecule has 0 aliphatic carbocycles. The predicted octanol–water partition coefficient (Wildman–Crippen LogP) is 2.20. The molecule has 1 aromatic rings. The summed E-state index contributed by atoms with van der Waals surface area (Å²) in [7, 11) is 0. The van der Waals surface area contributed by atoms with Crippen molar-refractivity contribution in [2.45, 2.75) is 19.6 Å². The van der Waals surface area contributed by atoms with Crippen LogP contribution in [0.3, 0.4) is 0 Å². The zero-order chi connectivity index (χ0) is 16.2. The van der Waals surface area contributed by atoms with Gasteiger partial charge in [0.1, 0.15) is 6.04 Å². The van der Waals surface area contributed by atoms with Gasteiger partial charge in [-0.2, -0.15) is 0 Å². The molecule has 1 rings (SSSR count). The Balaban J connectivity index is 2.58. The SMILES string of the molecule is CCOC(=O)C(/C=C(\CBr)COCc1ccccc1)NC=O. The minimum absolute atomic E-state index is 0.262. The lowest BCUT2D eigenvalue weighted by molar-refractivity contribution is -0.145. The third-order valence-electron chi connectivity index (χ3n) is 2.76. The van der Waals surface area contributed by atoms with Gasteiger partial charge in [0.25, 0.3) is 0 Å². The third kappa shape index (κ3) is 6.87. The van der Waals surface area contributed by atoms with E-state index < -0.39 is 12.0 Å². The quantitative estimate of drug-likeness (QED) is 0.297. The monoisotopic (exact) mass is 369 g/mol. The zero-order valence-corrected chi connectivity index (χ0v) is 14.0. The first-order chi connectivity index (χ1) is 10.7. The fraction of sp³-hybridized carbons (Fsp3) is 0.375. The Bertz CT molecular complexity index is 490. The molecule has 1 N–H and O–H groups in total. The van der Waals surface area contributed by atoms with Crippen LogP contribution >= 0.6 is 15.9 Å². The number of esters is 1. The van der Waals surface area contributed by atoms with E-state index in [0.717, 1.165) is 11.1 Å². The third-order valence-corrected chi connectivity index (χ3v) is 3.48. The number of hydrogen-bond donors (Lipinski definition) is 1. The van der Waals surface area contributed by atoms with E-state index in [9.17, 15) is 9.59 Å². The number of ether oxygens (including phenoxy) is 2. The number of rotatable bonds is 10. The summed E-state index contributed by atoms with van der Waals surface area (Å²) >= 11 is 3.35. The summed E-state index contributed by atoms with van der Waals surface area (Å²) in [5, 5.41) is 2.97. The summed E-state index contributed by atoms with van der Waals surface area (Å²) in [6.45, 7) is 2.82. The lowest BCUT2D eigenvalue weighted by atomic mass is 10.2. The maximum absolute atomic E-state index is 11.7. The van der Waals surface area contributed by atoms with Crippen LogP contribution in [0.2, 0.25) is 0 Å². The van der Waals surface area contributed by atoms with Gasteiger partial charge >= 0.3 is 5.97 Å². The Morgan fingerprint density at radius 1 is 1.36 bits per heavy atom. The second kappa shape index (κ2) is 11.0. The maximum Gasteiger partial charge on any atom is 0.332 e. The highest BCUT2D eigenvalue weighted by Crippen LogP contribution is 2.07. The Morgan fingerprint density at radius 2 is 2.09 bits per heavy atom. The molecule has 0 aliphatic heterocycles. The predicted molar refractivity (Wildman–Crippen MR) is 87.6 cm³/mol. The number of amides is 1. The van der Waals surface area contributed by atoms with Gasteiger partial charge in [-0.3, -0.25) is 4.79 Å². The minimum atomic E-state index is -0.801. The molecule has 0 radical (unpaired) electrons. The average molecular weight is 370 g/mol. The summed E-state index contributed by atoms with van der Waals surface area (Å²) in [5.41, 5.74) is 1.92. The van der Waals surface area contributed by atoms with Gasteiger partial charge in [0.2, 0.25) is 6.41 Å². The first-order valence-electron chi connectivity index (χ1n) is 6.94.